The molecule has 1 atom stereocenters. The molecule has 3 rings (SSSR count). The first-order valence-electron chi connectivity index (χ1n) is 11.6. The number of rotatable bonds is 9. The van der Waals surface area contributed by atoms with Gasteiger partial charge in [0.25, 0.3) is 0 Å². The van der Waals surface area contributed by atoms with Crippen molar-refractivity contribution in [3.8, 4) is 5.75 Å². The quantitative estimate of drug-likeness (QED) is 0.322. The maximum atomic E-state index is 12.4. The molecule has 0 fully saturated rings. The molecule has 2 amide bonds. The zero-order valence-electron chi connectivity index (χ0n) is 20.5. The van der Waals surface area contributed by atoms with Crippen molar-refractivity contribution in [3.05, 3.63) is 65.0 Å². The molecule has 0 bridgehead atoms. The van der Waals surface area contributed by atoms with Crippen LogP contribution in [0, 0.1) is 0 Å². The molecule has 1 aliphatic rings. The summed E-state index contributed by atoms with van der Waals surface area (Å²) in [6.45, 7) is 5.19. The monoisotopic (exact) mass is 607 g/mol. The Bertz CT molecular complexity index is 1130. The van der Waals surface area contributed by atoms with Crippen molar-refractivity contribution in [3.63, 3.8) is 0 Å². The molecule has 0 aliphatic heterocycles. The number of hydrogen-bond acceptors (Lipinski definition) is 6. The van der Waals surface area contributed by atoms with Crippen LogP contribution in [0.4, 0.5) is 4.79 Å². The van der Waals surface area contributed by atoms with Crippen LogP contribution in [0.2, 0.25) is 0 Å². The lowest BCUT2D eigenvalue weighted by molar-refractivity contribution is -0.140. The van der Waals surface area contributed by atoms with Gasteiger partial charge in [0.2, 0.25) is 5.91 Å². The first-order valence-corrected chi connectivity index (χ1v) is 12.5. The van der Waals surface area contributed by atoms with E-state index in [-0.39, 0.29) is 13.0 Å². The van der Waals surface area contributed by atoms with Gasteiger partial charge in [0.05, 0.1) is 35.5 Å². The summed E-state index contributed by atoms with van der Waals surface area (Å²) in [5.74, 6) is -1.09. The fourth-order valence-electron chi connectivity index (χ4n) is 3.56. The number of carboxylic acids is 1. The van der Waals surface area contributed by atoms with Gasteiger partial charge < -0.3 is 19.9 Å². The van der Waals surface area contributed by atoms with Gasteiger partial charge in [-0.3, -0.25) is 9.78 Å². The van der Waals surface area contributed by atoms with Crippen LogP contribution in [-0.2, 0) is 33.8 Å². The highest BCUT2D eigenvalue weighted by Gasteiger charge is 2.32. The number of halogens is 1. The van der Waals surface area contributed by atoms with Crippen molar-refractivity contribution in [2.75, 3.05) is 6.54 Å². The molecule has 1 aromatic carbocycles. The van der Waals surface area contributed by atoms with Crippen LogP contribution in [0.15, 0.2) is 42.6 Å². The van der Waals surface area contributed by atoms with Gasteiger partial charge in [-0.1, -0.05) is 30.4 Å². The van der Waals surface area contributed by atoms with Gasteiger partial charge in [-0.2, -0.15) is 0 Å². The lowest BCUT2D eigenvalue weighted by Gasteiger charge is -2.27. The van der Waals surface area contributed by atoms with Gasteiger partial charge in [-0.25, -0.2) is 12.7 Å². The molecular formula is C26H30IN3O6. The average molecular weight is 607 g/mol. The predicted octanol–water partition coefficient (Wildman–Crippen LogP) is 4.32. The molecular weight excluding hydrogens is 577 g/mol. The molecule has 9 nitrogen and oxygen atoms in total. The van der Waals surface area contributed by atoms with E-state index in [0.29, 0.717) is 18.1 Å². The van der Waals surface area contributed by atoms with Gasteiger partial charge >= 0.3 is 12.1 Å². The summed E-state index contributed by atoms with van der Waals surface area (Å²) in [6.07, 6.45) is 7.10. The minimum atomic E-state index is -1.29. The van der Waals surface area contributed by atoms with Crippen LogP contribution in [-0.4, -0.2) is 49.4 Å². The number of aromatic nitrogens is 1. The molecule has 10 heteroatoms. The van der Waals surface area contributed by atoms with Gasteiger partial charge in [0.1, 0.15) is 18.0 Å². The number of pyridine rings is 1. The third-order valence-electron chi connectivity index (χ3n) is 5.30. The zero-order chi connectivity index (χ0) is 26.3. The van der Waals surface area contributed by atoms with E-state index >= 15 is 0 Å². The fourth-order valence-corrected chi connectivity index (χ4v) is 4.09. The first-order chi connectivity index (χ1) is 17.0. The summed E-state index contributed by atoms with van der Waals surface area (Å²) in [7, 11) is 0. The number of aliphatic carboxylic acids is 1. The summed E-state index contributed by atoms with van der Waals surface area (Å²) in [5.41, 5.74) is 3.37. The highest BCUT2D eigenvalue weighted by atomic mass is 127. The number of amides is 2. The van der Waals surface area contributed by atoms with Crippen LogP contribution in [0.25, 0.3) is 6.08 Å². The fraction of sp³-hybridized carbons (Fsp3) is 0.385. The minimum absolute atomic E-state index is 0.0444. The van der Waals surface area contributed by atoms with Crippen molar-refractivity contribution in [2.45, 2.75) is 58.3 Å². The number of ether oxygens (including phenoxy) is 2. The molecule has 192 valence electrons. The van der Waals surface area contributed by atoms with Gasteiger partial charge in [-0.15, -0.1) is 0 Å². The van der Waals surface area contributed by atoms with Crippen molar-refractivity contribution in [1.82, 2.24) is 13.4 Å². The van der Waals surface area contributed by atoms with Crippen molar-refractivity contribution in [2.24, 2.45) is 0 Å². The van der Waals surface area contributed by atoms with Crippen LogP contribution in [0.3, 0.4) is 0 Å². The number of carbonyl (C=O) groups excluding carboxylic acids is 2. The topological polar surface area (TPSA) is 118 Å². The summed E-state index contributed by atoms with van der Waals surface area (Å²) in [4.78, 5) is 40.5. The van der Waals surface area contributed by atoms with Crippen LogP contribution in [0.5, 0.6) is 5.75 Å². The molecule has 0 radical (unpaired) electrons. The number of aryl methyl sites for hydroxylation is 1. The smallest absolute Gasteiger partial charge is 0.420 e. The Morgan fingerprint density at radius 3 is 2.67 bits per heavy atom. The van der Waals surface area contributed by atoms with E-state index in [1.807, 2.05) is 12.1 Å². The van der Waals surface area contributed by atoms with E-state index in [1.54, 1.807) is 62.0 Å². The number of fused-ring (bicyclic) bond motifs is 1. The lowest BCUT2D eigenvalue weighted by Crippen LogP contribution is -2.48. The number of benzene rings is 1. The Labute approximate surface area is 224 Å². The number of carbonyl (C=O) groups is 3. The first kappa shape index (κ1) is 27.4. The Morgan fingerprint density at radius 2 is 2.00 bits per heavy atom. The van der Waals surface area contributed by atoms with Crippen molar-refractivity contribution >= 4 is 46.9 Å². The van der Waals surface area contributed by atoms with E-state index in [2.05, 4.69) is 28.5 Å². The Balaban J connectivity index is 1.50. The molecule has 2 aromatic rings. The van der Waals surface area contributed by atoms with Crippen LogP contribution in [0.1, 0.15) is 49.6 Å². The molecule has 0 saturated carbocycles. The lowest BCUT2D eigenvalue weighted by atomic mass is 9.93. The van der Waals surface area contributed by atoms with E-state index in [9.17, 15) is 19.5 Å². The predicted molar refractivity (Wildman–Crippen MR) is 143 cm³/mol. The number of carboxylic acid groups (broad SMARTS) is 1. The summed E-state index contributed by atoms with van der Waals surface area (Å²) >= 11 is 1.58. The molecule has 36 heavy (non-hydrogen) atoms. The summed E-state index contributed by atoms with van der Waals surface area (Å²) < 4.78 is 12.0. The van der Waals surface area contributed by atoms with Gasteiger partial charge in [-0.05, 0) is 62.4 Å². The molecule has 1 unspecified atom stereocenters. The van der Waals surface area contributed by atoms with Crippen LogP contribution >= 0.6 is 22.9 Å². The van der Waals surface area contributed by atoms with Crippen LogP contribution < -0.4 is 10.1 Å². The van der Waals surface area contributed by atoms with E-state index < -0.39 is 29.6 Å². The van der Waals surface area contributed by atoms with E-state index in [1.165, 1.54) is 11.1 Å². The molecule has 0 saturated heterocycles. The maximum absolute atomic E-state index is 12.4. The third kappa shape index (κ3) is 7.94. The van der Waals surface area contributed by atoms with Gasteiger partial charge in [0, 0.05) is 12.2 Å². The molecule has 2 N–H and O–H groups in total. The normalized spacial score (nSPS) is 13.3. The number of allylic oxidation sites excluding steroid dienone is 1. The molecule has 1 aromatic heterocycles. The largest absolute Gasteiger partial charge is 0.487 e. The maximum Gasteiger partial charge on any atom is 0.420 e. The van der Waals surface area contributed by atoms with E-state index in [4.69, 9.17) is 9.47 Å². The number of nitrogens with zero attached hydrogens (tertiary/aromatic N) is 2. The Kier molecular flexibility index (Phi) is 9.30. The Hall–Kier alpha value is -3.15. The summed E-state index contributed by atoms with van der Waals surface area (Å²) in [5, 5.41) is 12.0. The number of nitrogens with one attached hydrogen (secondary N) is 1. The molecule has 1 heterocycles. The molecule has 1 aliphatic carbocycles. The SMILES string of the molecule is CC(C)(C)OC(=O)N(I)C(CNC(=O)Cc1ccc(OCc2cccc3c2C=CCC3)cn1)C(=O)O. The third-order valence-corrected chi connectivity index (χ3v) is 6.37. The zero-order valence-corrected chi connectivity index (χ0v) is 22.7. The Morgan fingerprint density at radius 1 is 1.22 bits per heavy atom. The standard InChI is InChI=1S/C26H30IN3O6/c1-26(2,3)36-25(34)30(27)22(24(32)33)15-29-23(31)13-19-11-12-20(14-28-19)35-16-18-9-6-8-17-7-4-5-10-21(17)18/h5-6,8-12,14,22H,4,7,13,15-16H2,1-3H3,(H,29,31)(H,32,33). The highest BCUT2D eigenvalue weighted by Crippen LogP contribution is 2.24. The second-order valence-corrected chi connectivity index (χ2v) is 10.4. The number of hydrogen-bond donors (Lipinski definition) is 2. The molecule has 0 spiro atoms. The van der Waals surface area contributed by atoms with Crippen molar-refractivity contribution in [1.29, 1.82) is 0 Å². The summed E-state index contributed by atoms with van der Waals surface area (Å²) in [6, 6.07) is 8.37. The second kappa shape index (κ2) is 12.2. The average Bonchev–Trinajstić information content (AvgIpc) is 2.82. The highest BCUT2D eigenvalue weighted by molar-refractivity contribution is 14.1. The minimum Gasteiger partial charge on any atom is -0.487 e. The van der Waals surface area contributed by atoms with E-state index in [0.717, 1.165) is 21.5 Å². The van der Waals surface area contributed by atoms with Gasteiger partial charge in [0.15, 0.2) is 6.04 Å². The van der Waals surface area contributed by atoms with Crippen molar-refractivity contribution < 1.29 is 29.0 Å². The second-order valence-electron chi connectivity index (χ2n) is 9.33.